The lowest BCUT2D eigenvalue weighted by atomic mass is 10.1. The highest BCUT2D eigenvalue weighted by Gasteiger charge is 2.33. The summed E-state index contributed by atoms with van der Waals surface area (Å²) < 4.78 is 38.6. The van der Waals surface area contributed by atoms with Crippen LogP contribution in [-0.4, -0.2) is 25.0 Å². The molecule has 0 saturated carbocycles. The van der Waals surface area contributed by atoms with Gasteiger partial charge in [-0.1, -0.05) is 11.6 Å². The predicted molar refractivity (Wildman–Crippen MR) is 103 cm³/mol. The van der Waals surface area contributed by atoms with E-state index < -0.39 is 17.8 Å². The molecule has 0 atom stereocenters. The largest absolute Gasteiger partial charge is 0.433 e. The first-order valence-electron chi connectivity index (χ1n) is 7.83. The van der Waals surface area contributed by atoms with Gasteiger partial charge in [0.15, 0.2) is 0 Å². The first-order valence-corrected chi connectivity index (χ1v) is 9.03. The van der Waals surface area contributed by atoms with Crippen LogP contribution in [0.3, 0.4) is 0 Å². The van der Waals surface area contributed by atoms with Crippen molar-refractivity contribution in [3.05, 3.63) is 51.5 Å². The second-order valence-electron chi connectivity index (χ2n) is 6.11. The van der Waals surface area contributed by atoms with Crippen LogP contribution >= 0.6 is 22.9 Å². The van der Waals surface area contributed by atoms with Crippen molar-refractivity contribution in [3.8, 4) is 0 Å². The molecular weight excluding hydrogens is 399 g/mol. The molecule has 0 aliphatic carbocycles. The standard InChI is InChI=1S/C18H15ClF3N3OS/c1-9-11-5-7-14(18(20,21)22)24-17(11)27-15(9)16(26)23-12-8-10(19)4-6-13(12)25(2)3/h4-8H,1-3H3,(H,23,26). The van der Waals surface area contributed by atoms with Crippen molar-refractivity contribution in [2.45, 2.75) is 13.1 Å². The molecule has 3 aromatic rings. The fourth-order valence-electron chi connectivity index (χ4n) is 2.65. The van der Waals surface area contributed by atoms with E-state index in [1.54, 1.807) is 25.1 Å². The van der Waals surface area contributed by atoms with Gasteiger partial charge in [-0.15, -0.1) is 11.3 Å². The number of nitrogens with one attached hydrogen (secondary N) is 1. The normalized spacial score (nSPS) is 11.7. The minimum atomic E-state index is -4.53. The minimum Gasteiger partial charge on any atom is -0.376 e. The molecule has 27 heavy (non-hydrogen) atoms. The van der Waals surface area contributed by atoms with Crippen molar-refractivity contribution in [1.82, 2.24) is 4.98 Å². The number of hydrogen-bond acceptors (Lipinski definition) is 4. The van der Waals surface area contributed by atoms with Gasteiger partial charge in [-0.2, -0.15) is 13.2 Å². The van der Waals surface area contributed by atoms with E-state index in [2.05, 4.69) is 10.3 Å². The maximum absolute atomic E-state index is 12.9. The van der Waals surface area contributed by atoms with E-state index in [9.17, 15) is 18.0 Å². The van der Waals surface area contributed by atoms with Crippen molar-refractivity contribution in [1.29, 1.82) is 0 Å². The SMILES string of the molecule is Cc1c(C(=O)Nc2cc(Cl)ccc2N(C)C)sc2nc(C(F)(F)F)ccc12. The van der Waals surface area contributed by atoms with Gasteiger partial charge in [-0.25, -0.2) is 4.98 Å². The van der Waals surface area contributed by atoms with Crippen LogP contribution in [0.5, 0.6) is 0 Å². The molecule has 2 heterocycles. The summed E-state index contributed by atoms with van der Waals surface area (Å²) in [5.74, 6) is -0.422. The van der Waals surface area contributed by atoms with Crippen LogP contribution in [0.25, 0.3) is 10.2 Å². The number of anilines is 2. The number of carbonyl (C=O) groups is 1. The van der Waals surface area contributed by atoms with Gasteiger partial charge in [0.25, 0.3) is 5.91 Å². The van der Waals surface area contributed by atoms with Gasteiger partial charge in [0, 0.05) is 24.5 Å². The molecule has 0 saturated heterocycles. The number of halogens is 4. The number of alkyl halides is 3. The third-order valence-corrected chi connectivity index (χ3v) is 5.42. The third kappa shape index (κ3) is 3.86. The van der Waals surface area contributed by atoms with Gasteiger partial charge in [0.2, 0.25) is 0 Å². The average molecular weight is 414 g/mol. The Labute approximate surface area is 162 Å². The Morgan fingerprint density at radius 3 is 2.56 bits per heavy atom. The number of nitrogens with zero attached hydrogens (tertiary/aromatic N) is 2. The molecule has 3 rings (SSSR count). The Morgan fingerprint density at radius 2 is 1.93 bits per heavy atom. The molecule has 1 aromatic carbocycles. The fraction of sp³-hybridized carbons (Fsp3) is 0.222. The number of fused-ring (bicyclic) bond motifs is 1. The highest BCUT2D eigenvalue weighted by Crippen LogP contribution is 2.35. The van der Waals surface area contributed by atoms with E-state index in [0.717, 1.165) is 23.1 Å². The van der Waals surface area contributed by atoms with Crippen LogP contribution in [0, 0.1) is 6.92 Å². The van der Waals surface area contributed by atoms with Crippen molar-refractivity contribution in [3.63, 3.8) is 0 Å². The molecule has 0 aliphatic rings. The number of amides is 1. The first-order chi connectivity index (χ1) is 12.6. The molecule has 0 radical (unpaired) electrons. The van der Waals surface area contributed by atoms with Crippen molar-refractivity contribution in [2.75, 3.05) is 24.3 Å². The number of benzene rings is 1. The van der Waals surface area contributed by atoms with Gasteiger partial charge < -0.3 is 10.2 Å². The minimum absolute atomic E-state index is 0.173. The topological polar surface area (TPSA) is 45.2 Å². The van der Waals surface area contributed by atoms with Crippen LogP contribution in [0.2, 0.25) is 5.02 Å². The van der Waals surface area contributed by atoms with Crippen LogP contribution in [0.1, 0.15) is 20.9 Å². The summed E-state index contributed by atoms with van der Waals surface area (Å²) in [4.78, 5) is 18.7. The zero-order valence-corrected chi connectivity index (χ0v) is 16.2. The molecule has 0 aliphatic heterocycles. The number of thiophene rings is 1. The van der Waals surface area contributed by atoms with Crippen LogP contribution in [-0.2, 0) is 6.18 Å². The maximum atomic E-state index is 12.9. The number of rotatable bonds is 3. The highest BCUT2D eigenvalue weighted by atomic mass is 35.5. The summed E-state index contributed by atoms with van der Waals surface area (Å²) in [6.07, 6.45) is -4.53. The number of aryl methyl sites for hydroxylation is 1. The smallest absolute Gasteiger partial charge is 0.376 e. The molecular formula is C18H15ClF3N3OS. The van der Waals surface area contributed by atoms with E-state index in [4.69, 9.17) is 11.6 Å². The molecule has 0 unspecified atom stereocenters. The second-order valence-corrected chi connectivity index (χ2v) is 7.55. The van der Waals surface area contributed by atoms with Gasteiger partial charge in [-0.05, 0) is 42.8 Å². The van der Waals surface area contributed by atoms with Crippen LogP contribution in [0.4, 0.5) is 24.5 Å². The van der Waals surface area contributed by atoms with Crippen molar-refractivity contribution < 1.29 is 18.0 Å². The summed E-state index contributed by atoms with van der Waals surface area (Å²) in [6, 6.07) is 7.37. The predicted octanol–water partition coefficient (Wildman–Crippen LogP) is 5.60. The summed E-state index contributed by atoms with van der Waals surface area (Å²) in [7, 11) is 3.65. The number of pyridine rings is 1. The van der Waals surface area contributed by atoms with Crippen molar-refractivity contribution in [2.24, 2.45) is 0 Å². The molecule has 2 aromatic heterocycles. The van der Waals surface area contributed by atoms with E-state index in [1.807, 2.05) is 19.0 Å². The number of hydrogen-bond donors (Lipinski definition) is 1. The Bertz CT molecular complexity index is 1030. The maximum Gasteiger partial charge on any atom is 0.433 e. The molecule has 4 nitrogen and oxygen atoms in total. The lowest BCUT2D eigenvalue weighted by Gasteiger charge is -2.18. The monoisotopic (exact) mass is 413 g/mol. The number of carbonyl (C=O) groups excluding carboxylic acids is 1. The van der Waals surface area contributed by atoms with Gasteiger partial charge in [0.1, 0.15) is 10.5 Å². The van der Waals surface area contributed by atoms with E-state index >= 15 is 0 Å². The summed E-state index contributed by atoms with van der Waals surface area (Å²) in [5.41, 5.74) is 0.873. The average Bonchev–Trinajstić information content (AvgIpc) is 2.90. The quantitative estimate of drug-likeness (QED) is 0.608. The molecule has 142 valence electrons. The molecule has 1 amide bonds. The second kappa shape index (κ2) is 7.01. The zero-order chi connectivity index (χ0) is 19.9. The molecule has 0 spiro atoms. The van der Waals surface area contributed by atoms with E-state index in [-0.39, 0.29) is 4.83 Å². The Morgan fingerprint density at radius 1 is 1.22 bits per heavy atom. The highest BCUT2D eigenvalue weighted by molar-refractivity contribution is 7.20. The third-order valence-electron chi connectivity index (χ3n) is 3.99. The van der Waals surface area contributed by atoms with E-state index in [1.165, 1.54) is 6.07 Å². The van der Waals surface area contributed by atoms with Crippen LogP contribution < -0.4 is 10.2 Å². The van der Waals surface area contributed by atoms with Gasteiger partial charge in [0.05, 0.1) is 16.3 Å². The molecule has 0 fully saturated rings. The Kier molecular flexibility index (Phi) is 5.05. The lowest BCUT2D eigenvalue weighted by Crippen LogP contribution is -2.16. The van der Waals surface area contributed by atoms with Crippen LogP contribution in [0.15, 0.2) is 30.3 Å². The van der Waals surface area contributed by atoms with Gasteiger partial charge >= 0.3 is 6.18 Å². The Hall–Kier alpha value is -2.32. The number of aromatic nitrogens is 1. The summed E-state index contributed by atoms with van der Waals surface area (Å²) >= 11 is 6.95. The first kappa shape index (κ1) is 19.4. The lowest BCUT2D eigenvalue weighted by molar-refractivity contribution is -0.140. The zero-order valence-electron chi connectivity index (χ0n) is 14.6. The molecule has 9 heteroatoms. The molecule has 1 N–H and O–H groups in total. The van der Waals surface area contributed by atoms with E-state index in [0.29, 0.717) is 26.5 Å². The van der Waals surface area contributed by atoms with Crippen molar-refractivity contribution >= 4 is 50.4 Å². The van der Waals surface area contributed by atoms with Gasteiger partial charge in [-0.3, -0.25) is 4.79 Å². The summed E-state index contributed by atoms with van der Waals surface area (Å²) in [6.45, 7) is 1.69. The Balaban J connectivity index is 1.99. The fourth-order valence-corrected chi connectivity index (χ4v) is 3.90. The molecule has 0 bridgehead atoms. The summed E-state index contributed by atoms with van der Waals surface area (Å²) in [5, 5.41) is 3.77.